The van der Waals surface area contributed by atoms with Crippen LogP contribution in [0.4, 0.5) is 38.4 Å². The molecule has 32 heavy (non-hydrogen) atoms. The monoisotopic (exact) mass is 457 g/mol. The van der Waals surface area contributed by atoms with Crippen LogP contribution in [0.1, 0.15) is 30.6 Å². The molecule has 0 spiro atoms. The molecule has 2 N–H and O–H groups in total. The fourth-order valence-corrected chi connectivity index (χ4v) is 3.85. The van der Waals surface area contributed by atoms with Gasteiger partial charge >= 0.3 is 12.3 Å². The summed E-state index contributed by atoms with van der Waals surface area (Å²) in [6.07, 6.45) is -8.88. The Morgan fingerprint density at radius 3 is 2.78 bits per heavy atom. The molecule has 0 aromatic carbocycles. The fraction of sp³-hybridized carbons (Fsp3) is 0.450. The Hall–Kier alpha value is -3.02. The van der Waals surface area contributed by atoms with Gasteiger partial charge in [-0.1, -0.05) is 6.92 Å². The van der Waals surface area contributed by atoms with Gasteiger partial charge in [0, 0.05) is 37.4 Å². The van der Waals surface area contributed by atoms with Crippen LogP contribution < -0.4 is 15.5 Å². The second-order valence-corrected chi connectivity index (χ2v) is 7.51. The molecule has 12 heteroatoms. The van der Waals surface area contributed by atoms with Crippen LogP contribution in [0.5, 0.6) is 0 Å². The molecular formula is C20H20F5N5O2. The molecule has 2 atom stereocenters. The molecule has 0 radical (unpaired) electrons. The van der Waals surface area contributed by atoms with Gasteiger partial charge < -0.3 is 15.0 Å². The van der Waals surface area contributed by atoms with Gasteiger partial charge in [-0.25, -0.2) is 23.5 Å². The molecule has 2 aromatic rings. The lowest BCUT2D eigenvalue weighted by atomic mass is 9.98. The van der Waals surface area contributed by atoms with E-state index in [1.807, 2.05) is 6.92 Å². The van der Waals surface area contributed by atoms with Gasteiger partial charge in [-0.2, -0.15) is 13.2 Å². The van der Waals surface area contributed by atoms with Crippen molar-refractivity contribution in [1.29, 1.82) is 0 Å². The SMILES string of the molecule is CC[C@H]1CN(c2cc(C(F)(F)F)cc(-c3ccnc4c3C(C(F)F)OC(=O)N4)n2)CCN1. The summed E-state index contributed by atoms with van der Waals surface area (Å²) in [6.45, 7) is 3.44. The van der Waals surface area contributed by atoms with Gasteiger partial charge in [-0.15, -0.1) is 0 Å². The second-order valence-electron chi connectivity index (χ2n) is 7.51. The lowest BCUT2D eigenvalue weighted by molar-refractivity contribution is -0.137. The zero-order valence-electron chi connectivity index (χ0n) is 16.9. The van der Waals surface area contributed by atoms with E-state index in [2.05, 4.69) is 20.6 Å². The number of carbonyl (C=O) groups is 1. The highest BCUT2D eigenvalue weighted by atomic mass is 19.4. The smallest absolute Gasteiger partial charge is 0.416 e. The predicted molar refractivity (Wildman–Crippen MR) is 106 cm³/mol. The highest BCUT2D eigenvalue weighted by molar-refractivity contribution is 5.89. The lowest BCUT2D eigenvalue weighted by Gasteiger charge is -2.34. The maximum atomic E-state index is 13.7. The largest absolute Gasteiger partial charge is 0.435 e. The maximum absolute atomic E-state index is 13.7. The molecule has 7 nitrogen and oxygen atoms in total. The van der Waals surface area contributed by atoms with Crippen LogP contribution in [-0.2, 0) is 10.9 Å². The molecule has 0 bridgehead atoms. The Kier molecular flexibility index (Phi) is 5.89. The van der Waals surface area contributed by atoms with Crippen LogP contribution in [0.15, 0.2) is 24.4 Å². The number of hydrogen-bond donors (Lipinski definition) is 2. The minimum atomic E-state index is -4.68. The van der Waals surface area contributed by atoms with E-state index in [0.29, 0.717) is 19.6 Å². The summed E-state index contributed by atoms with van der Waals surface area (Å²) in [7, 11) is 0. The van der Waals surface area contributed by atoms with Gasteiger partial charge in [0.25, 0.3) is 6.43 Å². The van der Waals surface area contributed by atoms with Crippen molar-refractivity contribution in [3.8, 4) is 11.3 Å². The summed E-state index contributed by atoms with van der Waals surface area (Å²) in [5.74, 6) is -0.104. The number of aromatic nitrogens is 2. The third-order valence-corrected chi connectivity index (χ3v) is 5.45. The standard InChI is InChI=1S/C20H20F5N5O2/c1-2-11-9-30(6-5-26-11)14-8-10(20(23,24)25)7-13(28-14)12-3-4-27-18-15(12)16(17(21)22)32-19(31)29-18/h3-4,7-8,11,16-17,26H,2,5-6,9H2,1H3,(H,27,29,31)/t11-,16?/m0/s1. The Morgan fingerprint density at radius 1 is 1.31 bits per heavy atom. The summed E-state index contributed by atoms with van der Waals surface area (Å²) >= 11 is 0. The molecule has 1 amide bonds. The normalized spacial score (nSPS) is 21.2. The van der Waals surface area contributed by atoms with Gasteiger partial charge in [0.1, 0.15) is 11.6 Å². The van der Waals surface area contributed by atoms with Crippen molar-refractivity contribution in [3.63, 3.8) is 0 Å². The minimum Gasteiger partial charge on any atom is -0.435 e. The first kappa shape index (κ1) is 22.2. The van der Waals surface area contributed by atoms with Crippen molar-refractivity contribution in [1.82, 2.24) is 15.3 Å². The van der Waals surface area contributed by atoms with Crippen molar-refractivity contribution in [3.05, 3.63) is 35.5 Å². The van der Waals surface area contributed by atoms with Gasteiger partial charge in [0.05, 0.1) is 16.8 Å². The molecule has 2 aliphatic rings. The molecular weight excluding hydrogens is 437 g/mol. The van der Waals surface area contributed by atoms with Crippen LogP contribution in [0.3, 0.4) is 0 Å². The number of rotatable bonds is 4. The number of amides is 1. The van der Waals surface area contributed by atoms with Crippen LogP contribution in [-0.4, -0.2) is 48.2 Å². The molecule has 4 heterocycles. The van der Waals surface area contributed by atoms with E-state index in [1.165, 1.54) is 12.3 Å². The Bertz CT molecular complexity index is 1020. The van der Waals surface area contributed by atoms with Crippen molar-refractivity contribution < 1.29 is 31.5 Å². The molecule has 4 rings (SSSR count). The third kappa shape index (κ3) is 4.31. The minimum absolute atomic E-state index is 0.0187. The number of nitrogens with zero attached hydrogens (tertiary/aromatic N) is 3. The summed E-state index contributed by atoms with van der Waals surface area (Å²) < 4.78 is 73.1. The zero-order chi connectivity index (χ0) is 23.0. The maximum Gasteiger partial charge on any atom is 0.416 e. The first-order valence-corrected chi connectivity index (χ1v) is 10.00. The first-order chi connectivity index (χ1) is 15.2. The number of halogens is 5. The molecule has 172 valence electrons. The van der Waals surface area contributed by atoms with E-state index in [-0.39, 0.29) is 34.5 Å². The number of nitrogens with one attached hydrogen (secondary N) is 2. The third-order valence-electron chi connectivity index (χ3n) is 5.45. The average molecular weight is 457 g/mol. The summed E-state index contributed by atoms with van der Waals surface area (Å²) in [6, 6.07) is 3.13. The number of piperazine rings is 1. The van der Waals surface area contributed by atoms with E-state index in [4.69, 9.17) is 4.74 Å². The lowest BCUT2D eigenvalue weighted by Crippen LogP contribution is -2.50. The zero-order valence-corrected chi connectivity index (χ0v) is 16.9. The molecule has 2 aromatic heterocycles. The quantitative estimate of drug-likeness (QED) is 0.670. The molecule has 1 fully saturated rings. The van der Waals surface area contributed by atoms with E-state index in [1.54, 1.807) is 4.90 Å². The van der Waals surface area contributed by atoms with E-state index in [0.717, 1.165) is 18.6 Å². The van der Waals surface area contributed by atoms with Crippen LogP contribution in [0.2, 0.25) is 0 Å². The molecule has 0 aliphatic carbocycles. The summed E-state index contributed by atoms with van der Waals surface area (Å²) in [5.41, 5.74) is -1.35. The fourth-order valence-electron chi connectivity index (χ4n) is 3.85. The van der Waals surface area contributed by atoms with Gasteiger partial charge in [-0.3, -0.25) is 5.32 Å². The van der Waals surface area contributed by atoms with Crippen molar-refractivity contribution in [2.45, 2.75) is 38.1 Å². The Balaban J connectivity index is 1.86. The highest BCUT2D eigenvalue weighted by Crippen LogP contribution is 2.41. The second kappa shape index (κ2) is 8.49. The number of pyridine rings is 2. The average Bonchev–Trinajstić information content (AvgIpc) is 2.77. The number of anilines is 2. The number of ether oxygens (including phenoxy) is 1. The van der Waals surface area contributed by atoms with E-state index in [9.17, 15) is 26.7 Å². The van der Waals surface area contributed by atoms with Crippen molar-refractivity contribution in [2.24, 2.45) is 0 Å². The Labute approximate surface area is 180 Å². The number of hydrogen-bond acceptors (Lipinski definition) is 6. The van der Waals surface area contributed by atoms with Gasteiger partial charge in [0.15, 0.2) is 6.10 Å². The van der Waals surface area contributed by atoms with Gasteiger partial charge in [0.2, 0.25) is 0 Å². The van der Waals surface area contributed by atoms with E-state index >= 15 is 0 Å². The topological polar surface area (TPSA) is 79.4 Å². The molecule has 1 unspecified atom stereocenters. The number of fused-ring (bicyclic) bond motifs is 1. The van der Waals surface area contributed by atoms with E-state index < -0.39 is 30.4 Å². The number of alkyl halides is 5. The highest BCUT2D eigenvalue weighted by Gasteiger charge is 2.38. The van der Waals surface area contributed by atoms with Crippen molar-refractivity contribution >= 4 is 17.7 Å². The Morgan fingerprint density at radius 2 is 2.09 bits per heavy atom. The van der Waals surface area contributed by atoms with Crippen molar-refractivity contribution in [2.75, 3.05) is 29.9 Å². The molecule has 2 aliphatic heterocycles. The first-order valence-electron chi connectivity index (χ1n) is 10.00. The summed E-state index contributed by atoms with van der Waals surface area (Å²) in [5, 5.41) is 5.50. The van der Waals surface area contributed by atoms with Gasteiger partial charge in [-0.05, 0) is 24.6 Å². The number of carbonyl (C=O) groups excluding carboxylic acids is 1. The number of cyclic esters (lactones) is 1. The van der Waals surface area contributed by atoms with Crippen LogP contribution in [0.25, 0.3) is 11.3 Å². The van der Waals surface area contributed by atoms with Crippen LogP contribution in [0, 0.1) is 0 Å². The molecule has 0 saturated carbocycles. The molecule has 1 saturated heterocycles. The summed E-state index contributed by atoms with van der Waals surface area (Å²) in [4.78, 5) is 21.6. The van der Waals surface area contributed by atoms with Crippen LogP contribution >= 0.6 is 0 Å². The predicted octanol–water partition coefficient (Wildman–Crippen LogP) is 4.22.